The van der Waals surface area contributed by atoms with Gasteiger partial charge in [0.15, 0.2) is 6.61 Å². The van der Waals surface area contributed by atoms with E-state index in [4.69, 9.17) is 4.74 Å². The lowest BCUT2D eigenvalue weighted by Gasteiger charge is -2.36. The molecule has 164 valence electrons. The fourth-order valence-electron chi connectivity index (χ4n) is 3.41. The maximum Gasteiger partial charge on any atom is 0.338 e. The van der Waals surface area contributed by atoms with Gasteiger partial charge in [0.1, 0.15) is 0 Å². The van der Waals surface area contributed by atoms with Crippen molar-refractivity contribution < 1.29 is 19.2 Å². The van der Waals surface area contributed by atoms with Crippen LogP contribution in [0.2, 0.25) is 0 Å². The van der Waals surface area contributed by atoms with Gasteiger partial charge in [0, 0.05) is 44.0 Å². The van der Waals surface area contributed by atoms with Gasteiger partial charge in [0.05, 0.1) is 10.5 Å². The van der Waals surface area contributed by atoms with E-state index in [1.54, 1.807) is 29.2 Å². The monoisotopic (exact) mass is 425 g/mol. The Morgan fingerprint density at radius 3 is 2.06 bits per heavy atom. The molecule has 0 bridgehead atoms. The molecule has 1 aliphatic rings. The molecule has 2 aromatic carbocycles. The molecule has 0 saturated carbocycles. The zero-order valence-electron chi connectivity index (χ0n) is 18.0. The van der Waals surface area contributed by atoms with E-state index in [0.717, 1.165) is 11.3 Å². The van der Waals surface area contributed by atoms with Crippen molar-refractivity contribution in [2.24, 2.45) is 0 Å². The molecule has 1 amide bonds. The minimum atomic E-state index is -0.515. The van der Waals surface area contributed by atoms with Crippen LogP contribution in [0.15, 0.2) is 48.5 Å². The number of benzene rings is 2. The van der Waals surface area contributed by atoms with Crippen molar-refractivity contribution in [3.63, 3.8) is 0 Å². The molecule has 1 fully saturated rings. The summed E-state index contributed by atoms with van der Waals surface area (Å²) in [7, 11) is 0. The molecule has 0 N–H and O–H groups in total. The Hall–Kier alpha value is -3.42. The maximum absolute atomic E-state index is 12.4. The van der Waals surface area contributed by atoms with E-state index in [-0.39, 0.29) is 23.6 Å². The lowest BCUT2D eigenvalue weighted by atomic mass is 9.87. The first-order chi connectivity index (χ1) is 14.6. The van der Waals surface area contributed by atoms with Crippen LogP contribution in [0, 0.1) is 10.1 Å². The molecule has 31 heavy (non-hydrogen) atoms. The number of esters is 1. The van der Waals surface area contributed by atoms with E-state index in [1.807, 2.05) is 12.1 Å². The van der Waals surface area contributed by atoms with Gasteiger partial charge in [0.25, 0.3) is 11.6 Å². The molecule has 0 spiro atoms. The molecule has 2 aromatic rings. The summed E-state index contributed by atoms with van der Waals surface area (Å²) in [6.07, 6.45) is 0. The van der Waals surface area contributed by atoms with Gasteiger partial charge in [-0.15, -0.1) is 0 Å². The summed E-state index contributed by atoms with van der Waals surface area (Å²) in [6.45, 7) is 8.19. The number of amides is 1. The van der Waals surface area contributed by atoms with Crippen LogP contribution < -0.4 is 4.90 Å². The van der Waals surface area contributed by atoms with Crippen LogP contribution in [-0.2, 0) is 14.9 Å². The number of carbonyl (C=O) groups is 2. The van der Waals surface area contributed by atoms with Crippen molar-refractivity contribution in [2.75, 3.05) is 37.7 Å². The number of hydrogen-bond acceptors (Lipinski definition) is 6. The number of hydrogen-bond donors (Lipinski definition) is 0. The minimum absolute atomic E-state index is 0.00495. The summed E-state index contributed by atoms with van der Waals surface area (Å²) in [6, 6.07) is 13.6. The molecular formula is C23H27N3O5. The zero-order valence-corrected chi connectivity index (χ0v) is 18.0. The molecule has 1 aliphatic heterocycles. The number of piperazine rings is 1. The summed E-state index contributed by atoms with van der Waals surface area (Å²) in [4.78, 5) is 38.8. The topological polar surface area (TPSA) is 93.0 Å². The molecule has 0 aliphatic carbocycles. The first-order valence-electron chi connectivity index (χ1n) is 10.2. The third kappa shape index (κ3) is 5.59. The summed E-state index contributed by atoms with van der Waals surface area (Å²) in [5.41, 5.74) is 2.46. The predicted octanol–water partition coefficient (Wildman–Crippen LogP) is 3.40. The maximum atomic E-state index is 12.4. The number of nitro benzene ring substituents is 1. The van der Waals surface area contributed by atoms with Crippen LogP contribution in [-0.4, -0.2) is 54.5 Å². The largest absolute Gasteiger partial charge is 0.452 e. The molecule has 0 atom stereocenters. The highest BCUT2D eigenvalue weighted by atomic mass is 16.6. The van der Waals surface area contributed by atoms with Crippen LogP contribution in [0.5, 0.6) is 0 Å². The van der Waals surface area contributed by atoms with Crippen LogP contribution in [0.4, 0.5) is 11.4 Å². The second kappa shape index (κ2) is 9.16. The van der Waals surface area contributed by atoms with E-state index in [2.05, 4.69) is 25.7 Å². The Balaban J connectivity index is 1.47. The van der Waals surface area contributed by atoms with Crippen LogP contribution in [0.1, 0.15) is 36.7 Å². The molecule has 0 aromatic heterocycles. The highest BCUT2D eigenvalue weighted by Crippen LogP contribution is 2.23. The Labute approximate surface area is 181 Å². The number of nitrogens with zero attached hydrogens (tertiary/aromatic N) is 3. The fourth-order valence-corrected chi connectivity index (χ4v) is 3.41. The van der Waals surface area contributed by atoms with Gasteiger partial charge in [-0.1, -0.05) is 32.9 Å². The number of rotatable bonds is 5. The number of nitro groups is 1. The van der Waals surface area contributed by atoms with E-state index in [1.165, 1.54) is 12.1 Å². The molecular weight excluding hydrogens is 398 g/mol. The van der Waals surface area contributed by atoms with Crippen molar-refractivity contribution in [3.8, 4) is 0 Å². The lowest BCUT2D eigenvalue weighted by molar-refractivity contribution is -0.384. The number of ether oxygens (including phenoxy) is 1. The smallest absolute Gasteiger partial charge is 0.338 e. The van der Waals surface area contributed by atoms with Crippen molar-refractivity contribution in [1.82, 2.24) is 4.90 Å². The van der Waals surface area contributed by atoms with Crippen LogP contribution >= 0.6 is 0 Å². The quantitative estimate of drug-likeness (QED) is 0.414. The van der Waals surface area contributed by atoms with Crippen molar-refractivity contribution in [2.45, 2.75) is 26.2 Å². The number of non-ortho nitro benzene ring substituents is 1. The third-order valence-electron chi connectivity index (χ3n) is 5.37. The highest BCUT2D eigenvalue weighted by molar-refractivity contribution is 5.91. The fraction of sp³-hybridized carbons (Fsp3) is 0.391. The van der Waals surface area contributed by atoms with Gasteiger partial charge >= 0.3 is 5.97 Å². The van der Waals surface area contributed by atoms with Crippen molar-refractivity contribution in [1.29, 1.82) is 0 Å². The summed E-state index contributed by atoms with van der Waals surface area (Å²) in [5, 5.41) is 10.8. The van der Waals surface area contributed by atoms with Gasteiger partial charge < -0.3 is 14.5 Å². The highest BCUT2D eigenvalue weighted by Gasteiger charge is 2.23. The molecule has 0 radical (unpaired) electrons. The Morgan fingerprint density at radius 2 is 1.55 bits per heavy atom. The van der Waals surface area contributed by atoms with Crippen LogP contribution in [0.25, 0.3) is 0 Å². The van der Waals surface area contributed by atoms with Gasteiger partial charge in [-0.2, -0.15) is 0 Å². The normalized spacial score (nSPS) is 14.3. The van der Waals surface area contributed by atoms with Crippen molar-refractivity contribution >= 4 is 23.3 Å². The van der Waals surface area contributed by atoms with E-state index >= 15 is 0 Å². The average Bonchev–Trinajstić information content (AvgIpc) is 2.77. The molecule has 1 heterocycles. The second-order valence-corrected chi connectivity index (χ2v) is 8.54. The minimum Gasteiger partial charge on any atom is -0.452 e. The van der Waals surface area contributed by atoms with E-state index < -0.39 is 10.9 Å². The third-order valence-corrected chi connectivity index (χ3v) is 5.37. The molecule has 8 nitrogen and oxygen atoms in total. The van der Waals surface area contributed by atoms with Gasteiger partial charge in [-0.05, 0) is 35.2 Å². The summed E-state index contributed by atoms with van der Waals surface area (Å²) < 4.78 is 5.21. The first kappa shape index (κ1) is 22.3. The van der Waals surface area contributed by atoms with Gasteiger partial charge in [-0.25, -0.2) is 4.79 Å². The van der Waals surface area contributed by atoms with E-state index in [0.29, 0.717) is 31.7 Å². The standard InChI is InChI=1S/C23H27N3O5/c1-23(2,3)18-6-4-17(5-7-18)22(28)31-16-21(27)25-14-12-24(13-15-25)19-8-10-20(11-9-19)26(29)30/h4-11H,12-16H2,1-3H3. The SMILES string of the molecule is CC(C)(C)c1ccc(C(=O)OCC(=O)N2CCN(c3ccc([N+](=O)[O-])cc3)CC2)cc1. The second-order valence-electron chi connectivity index (χ2n) is 8.54. The zero-order chi connectivity index (χ0) is 22.6. The molecule has 3 rings (SSSR count). The van der Waals surface area contributed by atoms with Crippen LogP contribution in [0.3, 0.4) is 0 Å². The predicted molar refractivity (Wildman–Crippen MR) is 117 cm³/mol. The first-order valence-corrected chi connectivity index (χ1v) is 10.2. The Morgan fingerprint density at radius 1 is 0.968 bits per heavy atom. The number of carbonyl (C=O) groups excluding carboxylic acids is 2. The van der Waals surface area contributed by atoms with Crippen molar-refractivity contribution in [3.05, 3.63) is 69.8 Å². The molecule has 8 heteroatoms. The molecule has 0 unspecified atom stereocenters. The number of anilines is 1. The Kier molecular flexibility index (Phi) is 6.58. The average molecular weight is 425 g/mol. The van der Waals surface area contributed by atoms with Gasteiger partial charge in [-0.3, -0.25) is 14.9 Å². The van der Waals surface area contributed by atoms with E-state index in [9.17, 15) is 19.7 Å². The molecule has 1 saturated heterocycles. The Bertz CT molecular complexity index is 941. The summed E-state index contributed by atoms with van der Waals surface area (Å²) in [5.74, 6) is -0.749. The lowest BCUT2D eigenvalue weighted by Crippen LogP contribution is -2.49. The summed E-state index contributed by atoms with van der Waals surface area (Å²) >= 11 is 0. The van der Waals surface area contributed by atoms with Gasteiger partial charge in [0.2, 0.25) is 0 Å².